The summed E-state index contributed by atoms with van der Waals surface area (Å²) in [5, 5.41) is 20.5. The number of nitrogens with zero attached hydrogens (tertiary/aromatic N) is 3. The standard InChI is InChI=1S/C22H24Cl2F2N6O3/c1-3-35-14-5-16(23)20(17(24)6-14)32(2)11-30-21(28)15(10-33)22(34)31-13-4-12(8-29-9-13)18(27)7-19(25)26/h4-6,8-11,18-19,28,33H,3,7,27H2,1-2H3,(H,31,34)/b15-10-,28-21?,30-11?. The van der Waals surface area contributed by atoms with E-state index in [1.54, 1.807) is 19.2 Å². The molecule has 0 aliphatic carbocycles. The van der Waals surface area contributed by atoms with Crippen molar-refractivity contribution in [2.45, 2.75) is 25.8 Å². The first kappa shape index (κ1) is 28.0. The SMILES string of the molecule is CCOc1cc(Cl)c(N(C)C=NC(=N)/C(=C/O)C(=O)Nc2cncc(C(N)CC(F)F)c2)c(Cl)c1. The van der Waals surface area contributed by atoms with Crippen molar-refractivity contribution < 1.29 is 23.4 Å². The summed E-state index contributed by atoms with van der Waals surface area (Å²) in [5.41, 5.74) is 6.06. The lowest BCUT2D eigenvalue weighted by Crippen LogP contribution is -2.22. The summed E-state index contributed by atoms with van der Waals surface area (Å²) in [5.74, 6) is -0.968. The Balaban J connectivity index is 2.12. The van der Waals surface area contributed by atoms with E-state index in [0.29, 0.717) is 24.3 Å². The maximum absolute atomic E-state index is 12.6. The van der Waals surface area contributed by atoms with Crippen LogP contribution in [0, 0.1) is 5.41 Å². The van der Waals surface area contributed by atoms with Crippen LogP contribution in [0.25, 0.3) is 0 Å². The molecule has 1 aromatic carbocycles. The second-order valence-electron chi connectivity index (χ2n) is 7.11. The molecule has 1 unspecified atom stereocenters. The zero-order chi connectivity index (χ0) is 26.1. The molecule has 0 fully saturated rings. The summed E-state index contributed by atoms with van der Waals surface area (Å²) in [6, 6.07) is 3.55. The molecule has 1 heterocycles. The molecule has 0 saturated heterocycles. The van der Waals surface area contributed by atoms with Crippen LogP contribution < -0.4 is 20.7 Å². The van der Waals surface area contributed by atoms with E-state index in [9.17, 15) is 18.7 Å². The number of anilines is 2. The van der Waals surface area contributed by atoms with Crippen LogP contribution in [0.5, 0.6) is 5.75 Å². The highest BCUT2D eigenvalue weighted by Gasteiger charge is 2.18. The van der Waals surface area contributed by atoms with Crippen LogP contribution in [0.1, 0.15) is 24.9 Å². The van der Waals surface area contributed by atoms with Gasteiger partial charge in [-0.25, -0.2) is 13.8 Å². The summed E-state index contributed by atoms with van der Waals surface area (Å²) in [7, 11) is 1.58. The van der Waals surface area contributed by atoms with Gasteiger partial charge in [-0.3, -0.25) is 15.2 Å². The molecule has 0 bridgehead atoms. The second-order valence-corrected chi connectivity index (χ2v) is 7.92. The second kappa shape index (κ2) is 13.0. The molecule has 2 rings (SSSR count). The number of hydrogen-bond acceptors (Lipinski definition) is 6. The van der Waals surface area contributed by atoms with Crippen LogP contribution in [0.15, 0.2) is 47.4 Å². The highest BCUT2D eigenvalue weighted by atomic mass is 35.5. The number of aromatic nitrogens is 1. The Morgan fingerprint density at radius 1 is 1.34 bits per heavy atom. The predicted molar refractivity (Wildman–Crippen MR) is 133 cm³/mol. The molecule has 1 atom stereocenters. The Labute approximate surface area is 210 Å². The van der Waals surface area contributed by atoms with Gasteiger partial charge in [-0.2, -0.15) is 0 Å². The fourth-order valence-corrected chi connectivity index (χ4v) is 3.62. The number of hydrogen-bond donors (Lipinski definition) is 4. The lowest BCUT2D eigenvalue weighted by molar-refractivity contribution is -0.112. The normalized spacial score (nSPS) is 12.6. The van der Waals surface area contributed by atoms with Crippen molar-refractivity contribution in [1.29, 1.82) is 5.41 Å². The number of carbonyl (C=O) groups excluding carboxylic acids is 1. The molecule has 0 saturated carbocycles. The Morgan fingerprint density at radius 2 is 2.00 bits per heavy atom. The molecule has 9 nitrogen and oxygen atoms in total. The fourth-order valence-electron chi connectivity index (χ4n) is 2.88. The van der Waals surface area contributed by atoms with Crippen LogP contribution in [0.3, 0.4) is 0 Å². The number of amides is 1. The number of amidine groups is 1. The average molecular weight is 529 g/mol. The van der Waals surface area contributed by atoms with Crippen LogP contribution >= 0.6 is 23.2 Å². The molecule has 0 aliphatic rings. The third kappa shape index (κ3) is 7.88. The van der Waals surface area contributed by atoms with Crippen molar-refractivity contribution in [2.75, 3.05) is 23.9 Å². The molecule has 13 heteroatoms. The minimum Gasteiger partial charge on any atom is -0.515 e. The van der Waals surface area contributed by atoms with Crippen molar-refractivity contribution in [3.8, 4) is 5.75 Å². The maximum atomic E-state index is 12.6. The van der Waals surface area contributed by atoms with Crippen LogP contribution in [0.2, 0.25) is 10.0 Å². The topological polar surface area (TPSA) is 137 Å². The average Bonchev–Trinajstić information content (AvgIpc) is 2.77. The van der Waals surface area contributed by atoms with E-state index < -0.39 is 36.2 Å². The number of pyridine rings is 1. The van der Waals surface area contributed by atoms with Crippen molar-refractivity contribution in [2.24, 2.45) is 10.7 Å². The monoisotopic (exact) mass is 528 g/mol. The molecule has 0 spiro atoms. The number of ether oxygens (including phenoxy) is 1. The molecule has 35 heavy (non-hydrogen) atoms. The van der Waals surface area contributed by atoms with Gasteiger partial charge >= 0.3 is 0 Å². The third-order valence-electron chi connectivity index (χ3n) is 4.52. The largest absolute Gasteiger partial charge is 0.515 e. The summed E-state index contributed by atoms with van der Waals surface area (Å²) < 4.78 is 30.6. The lowest BCUT2D eigenvalue weighted by atomic mass is 10.1. The van der Waals surface area contributed by atoms with Gasteiger partial charge in [0.2, 0.25) is 6.43 Å². The van der Waals surface area contributed by atoms with Gasteiger partial charge in [0, 0.05) is 37.8 Å². The van der Waals surface area contributed by atoms with Gasteiger partial charge in [-0.15, -0.1) is 0 Å². The van der Waals surface area contributed by atoms with Gasteiger partial charge in [-0.1, -0.05) is 23.2 Å². The minimum absolute atomic E-state index is 0.137. The van der Waals surface area contributed by atoms with Crippen molar-refractivity contribution >= 4 is 52.7 Å². The van der Waals surface area contributed by atoms with Gasteiger partial charge in [0.1, 0.15) is 11.3 Å². The quantitative estimate of drug-likeness (QED) is 0.149. The number of alkyl halides is 2. The van der Waals surface area contributed by atoms with Crippen LogP contribution in [-0.2, 0) is 4.79 Å². The first-order chi connectivity index (χ1) is 16.6. The van der Waals surface area contributed by atoms with E-state index in [2.05, 4.69) is 15.3 Å². The summed E-state index contributed by atoms with van der Waals surface area (Å²) >= 11 is 12.6. The van der Waals surface area contributed by atoms with Gasteiger partial charge in [0.15, 0.2) is 5.84 Å². The zero-order valence-electron chi connectivity index (χ0n) is 18.8. The van der Waals surface area contributed by atoms with Crippen LogP contribution in [0.4, 0.5) is 20.2 Å². The summed E-state index contributed by atoms with van der Waals surface area (Å²) in [4.78, 5) is 21.8. The van der Waals surface area contributed by atoms with Crippen molar-refractivity contribution in [3.63, 3.8) is 0 Å². The zero-order valence-corrected chi connectivity index (χ0v) is 20.3. The smallest absolute Gasteiger partial charge is 0.262 e. The number of nitrogens with two attached hydrogens (primary N) is 1. The minimum atomic E-state index is -2.60. The van der Waals surface area contributed by atoms with Crippen molar-refractivity contribution in [1.82, 2.24) is 4.98 Å². The fraction of sp³-hybridized carbons (Fsp3) is 0.273. The number of carbonyl (C=O) groups is 1. The number of aliphatic imine (C=N–C) groups is 1. The number of benzene rings is 1. The van der Waals surface area contributed by atoms with Gasteiger partial charge < -0.3 is 25.8 Å². The number of aliphatic hydroxyl groups is 1. The molecule has 1 amide bonds. The summed E-state index contributed by atoms with van der Waals surface area (Å²) in [6.45, 7) is 2.25. The third-order valence-corrected chi connectivity index (χ3v) is 5.10. The van der Waals surface area contributed by atoms with E-state index >= 15 is 0 Å². The first-order valence-electron chi connectivity index (χ1n) is 10.2. The molecule has 5 N–H and O–H groups in total. The number of rotatable bonds is 10. The van der Waals surface area contributed by atoms with E-state index in [0.717, 1.165) is 0 Å². The van der Waals surface area contributed by atoms with Crippen LogP contribution in [-0.4, -0.2) is 48.3 Å². The van der Waals surface area contributed by atoms with Gasteiger partial charge in [0.25, 0.3) is 5.91 Å². The molecule has 0 radical (unpaired) electrons. The van der Waals surface area contributed by atoms with E-state index in [1.165, 1.54) is 29.7 Å². The van der Waals surface area contributed by atoms with E-state index in [-0.39, 0.29) is 21.3 Å². The molecule has 0 aliphatic heterocycles. The summed E-state index contributed by atoms with van der Waals surface area (Å²) in [6.07, 6.45) is 1.02. The number of nitrogens with one attached hydrogen (secondary N) is 2. The Morgan fingerprint density at radius 3 is 2.57 bits per heavy atom. The molecular formula is C22H24Cl2F2N6O3. The highest BCUT2D eigenvalue weighted by molar-refractivity contribution is 6.40. The highest BCUT2D eigenvalue weighted by Crippen LogP contribution is 2.36. The molecule has 188 valence electrons. The maximum Gasteiger partial charge on any atom is 0.262 e. The van der Waals surface area contributed by atoms with E-state index in [4.69, 9.17) is 39.1 Å². The Kier molecular flexibility index (Phi) is 10.4. The van der Waals surface area contributed by atoms with Crippen molar-refractivity contribution in [3.05, 3.63) is 58.0 Å². The lowest BCUT2D eigenvalue weighted by Gasteiger charge is -2.18. The number of halogens is 4. The van der Waals surface area contributed by atoms with Gasteiger partial charge in [0.05, 0.1) is 46.8 Å². The number of aliphatic hydroxyl groups excluding tert-OH is 1. The van der Waals surface area contributed by atoms with E-state index in [1.807, 2.05) is 6.92 Å². The first-order valence-corrected chi connectivity index (χ1v) is 10.9. The Hall–Kier alpha value is -3.28. The van der Waals surface area contributed by atoms with Gasteiger partial charge in [-0.05, 0) is 18.6 Å². The molecule has 2 aromatic rings. The molecular weight excluding hydrogens is 505 g/mol. The molecule has 1 aromatic heterocycles. The predicted octanol–water partition coefficient (Wildman–Crippen LogP) is 4.96. The Bertz CT molecular complexity index is 1110.